The lowest BCUT2D eigenvalue weighted by Gasteiger charge is -2.21. The molecular formula is C14H16FN3. The molecule has 2 aromatic rings. The topological polar surface area (TPSA) is 40.7 Å². The average Bonchev–Trinajstić information content (AvgIpc) is 2.89. The summed E-state index contributed by atoms with van der Waals surface area (Å²) < 4.78 is 13.2. The van der Waals surface area contributed by atoms with Gasteiger partial charge < -0.3 is 10.3 Å². The van der Waals surface area contributed by atoms with E-state index < -0.39 is 0 Å². The summed E-state index contributed by atoms with van der Waals surface area (Å²) in [5.74, 6) is 0.730. The fourth-order valence-corrected chi connectivity index (χ4v) is 2.40. The van der Waals surface area contributed by atoms with Gasteiger partial charge in [-0.3, -0.25) is 0 Å². The number of hydrogen-bond acceptors (Lipinski definition) is 2. The van der Waals surface area contributed by atoms with Crippen molar-refractivity contribution < 1.29 is 4.39 Å². The molecule has 0 bridgehead atoms. The Kier molecular flexibility index (Phi) is 3.11. The molecule has 2 N–H and O–H groups in total. The Labute approximate surface area is 105 Å². The number of piperidine rings is 1. The zero-order chi connectivity index (χ0) is 12.4. The van der Waals surface area contributed by atoms with E-state index >= 15 is 0 Å². The Bertz CT molecular complexity index is 529. The van der Waals surface area contributed by atoms with Crippen molar-refractivity contribution in [2.75, 3.05) is 6.54 Å². The highest BCUT2D eigenvalue weighted by atomic mass is 19.1. The summed E-state index contributed by atoms with van der Waals surface area (Å²) in [6.45, 7) is 1.04. The van der Waals surface area contributed by atoms with Crippen LogP contribution in [0.15, 0.2) is 30.5 Å². The SMILES string of the molecule is Fc1cccc(-c2cnc([C@@H]3CCCCN3)[nH]2)c1. The summed E-state index contributed by atoms with van der Waals surface area (Å²) in [6, 6.07) is 6.87. The third-order valence-corrected chi connectivity index (χ3v) is 3.37. The second kappa shape index (κ2) is 4.90. The average molecular weight is 245 g/mol. The van der Waals surface area contributed by atoms with Gasteiger partial charge in [0.15, 0.2) is 0 Å². The highest BCUT2D eigenvalue weighted by molar-refractivity contribution is 5.58. The van der Waals surface area contributed by atoms with Crippen LogP contribution in [-0.4, -0.2) is 16.5 Å². The van der Waals surface area contributed by atoms with Gasteiger partial charge in [0, 0.05) is 5.56 Å². The second-order valence-corrected chi connectivity index (χ2v) is 4.69. The van der Waals surface area contributed by atoms with Gasteiger partial charge in [0.2, 0.25) is 0 Å². The van der Waals surface area contributed by atoms with Crippen molar-refractivity contribution in [3.05, 3.63) is 42.1 Å². The van der Waals surface area contributed by atoms with Gasteiger partial charge in [0.05, 0.1) is 17.9 Å². The quantitative estimate of drug-likeness (QED) is 0.853. The van der Waals surface area contributed by atoms with Crippen molar-refractivity contribution in [3.8, 4) is 11.3 Å². The number of nitrogens with zero attached hydrogens (tertiary/aromatic N) is 1. The summed E-state index contributed by atoms with van der Waals surface area (Å²) in [6.07, 6.45) is 5.35. The first-order valence-electron chi connectivity index (χ1n) is 6.37. The molecule has 1 aromatic carbocycles. The fourth-order valence-electron chi connectivity index (χ4n) is 2.40. The van der Waals surface area contributed by atoms with Gasteiger partial charge in [-0.25, -0.2) is 9.37 Å². The van der Waals surface area contributed by atoms with Crippen molar-refractivity contribution in [3.63, 3.8) is 0 Å². The van der Waals surface area contributed by atoms with E-state index in [0.29, 0.717) is 6.04 Å². The second-order valence-electron chi connectivity index (χ2n) is 4.69. The van der Waals surface area contributed by atoms with Crippen molar-refractivity contribution in [2.45, 2.75) is 25.3 Å². The number of halogens is 1. The Morgan fingerprint density at radius 2 is 2.22 bits per heavy atom. The number of aromatic amines is 1. The molecule has 3 nitrogen and oxygen atoms in total. The maximum absolute atomic E-state index is 13.2. The molecule has 18 heavy (non-hydrogen) atoms. The Hall–Kier alpha value is -1.68. The highest BCUT2D eigenvalue weighted by Crippen LogP contribution is 2.24. The van der Waals surface area contributed by atoms with Gasteiger partial charge in [-0.05, 0) is 31.5 Å². The maximum atomic E-state index is 13.2. The molecule has 1 atom stereocenters. The number of hydrogen-bond donors (Lipinski definition) is 2. The minimum absolute atomic E-state index is 0.223. The molecule has 0 radical (unpaired) electrons. The number of nitrogens with one attached hydrogen (secondary N) is 2. The van der Waals surface area contributed by atoms with Crippen LogP contribution >= 0.6 is 0 Å². The Morgan fingerprint density at radius 3 is 3.00 bits per heavy atom. The molecule has 1 fully saturated rings. The third kappa shape index (κ3) is 2.29. The molecule has 1 saturated heterocycles. The van der Waals surface area contributed by atoms with E-state index in [-0.39, 0.29) is 5.82 Å². The lowest BCUT2D eigenvalue weighted by molar-refractivity contribution is 0.399. The number of aromatic nitrogens is 2. The summed E-state index contributed by atoms with van der Waals surface area (Å²) in [5, 5.41) is 3.44. The van der Waals surface area contributed by atoms with Crippen molar-refractivity contribution in [1.29, 1.82) is 0 Å². The van der Waals surface area contributed by atoms with Crippen LogP contribution < -0.4 is 5.32 Å². The zero-order valence-corrected chi connectivity index (χ0v) is 10.1. The highest BCUT2D eigenvalue weighted by Gasteiger charge is 2.17. The van der Waals surface area contributed by atoms with Crippen LogP contribution in [-0.2, 0) is 0 Å². The smallest absolute Gasteiger partial charge is 0.123 e. The molecule has 0 aliphatic carbocycles. The van der Waals surface area contributed by atoms with Crippen LogP contribution in [0.4, 0.5) is 4.39 Å². The minimum Gasteiger partial charge on any atom is -0.341 e. The molecule has 3 rings (SSSR count). The maximum Gasteiger partial charge on any atom is 0.123 e. The normalized spacial score (nSPS) is 19.9. The standard InChI is InChI=1S/C14H16FN3/c15-11-5-3-4-10(8-11)13-9-17-14(18-13)12-6-1-2-7-16-12/h3-5,8-9,12,16H,1-2,6-7H2,(H,17,18)/t12-/m0/s1. The lowest BCUT2D eigenvalue weighted by atomic mass is 10.0. The first-order chi connectivity index (χ1) is 8.83. The van der Waals surface area contributed by atoms with E-state index in [4.69, 9.17) is 0 Å². The molecule has 1 aliphatic heterocycles. The van der Waals surface area contributed by atoms with E-state index in [1.165, 1.54) is 25.0 Å². The fraction of sp³-hybridized carbons (Fsp3) is 0.357. The first-order valence-corrected chi connectivity index (χ1v) is 6.37. The predicted molar refractivity (Wildman–Crippen MR) is 68.6 cm³/mol. The van der Waals surface area contributed by atoms with Gasteiger partial charge in [-0.2, -0.15) is 0 Å². The largest absolute Gasteiger partial charge is 0.341 e. The Morgan fingerprint density at radius 1 is 1.28 bits per heavy atom. The number of H-pyrrole nitrogens is 1. The van der Waals surface area contributed by atoms with Crippen LogP contribution in [0.5, 0.6) is 0 Å². The van der Waals surface area contributed by atoms with Crippen molar-refractivity contribution in [1.82, 2.24) is 15.3 Å². The summed E-state index contributed by atoms with van der Waals surface area (Å²) in [4.78, 5) is 7.69. The van der Waals surface area contributed by atoms with Crippen LogP contribution in [0.1, 0.15) is 31.1 Å². The van der Waals surface area contributed by atoms with Crippen LogP contribution in [0.3, 0.4) is 0 Å². The van der Waals surface area contributed by atoms with Gasteiger partial charge in [0.25, 0.3) is 0 Å². The van der Waals surface area contributed by atoms with Crippen LogP contribution in [0.25, 0.3) is 11.3 Å². The molecule has 0 spiro atoms. The number of imidazole rings is 1. The molecule has 0 amide bonds. The van der Waals surface area contributed by atoms with Gasteiger partial charge in [-0.1, -0.05) is 18.6 Å². The van der Waals surface area contributed by atoms with Gasteiger partial charge in [-0.15, -0.1) is 0 Å². The van der Waals surface area contributed by atoms with Gasteiger partial charge in [0.1, 0.15) is 11.6 Å². The summed E-state index contributed by atoms with van der Waals surface area (Å²) in [5.41, 5.74) is 1.71. The molecule has 2 heterocycles. The molecule has 0 unspecified atom stereocenters. The lowest BCUT2D eigenvalue weighted by Crippen LogP contribution is -2.27. The van der Waals surface area contributed by atoms with E-state index in [1.54, 1.807) is 12.3 Å². The minimum atomic E-state index is -0.223. The van der Waals surface area contributed by atoms with Gasteiger partial charge >= 0.3 is 0 Å². The molecule has 94 valence electrons. The third-order valence-electron chi connectivity index (χ3n) is 3.37. The van der Waals surface area contributed by atoms with Crippen LogP contribution in [0.2, 0.25) is 0 Å². The van der Waals surface area contributed by atoms with E-state index in [1.807, 2.05) is 6.07 Å². The van der Waals surface area contributed by atoms with E-state index in [0.717, 1.165) is 30.0 Å². The zero-order valence-electron chi connectivity index (χ0n) is 10.1. The molecule has 1 aromatic heterocycles. The van der Waals surface area contributed by atoms with E-state index in [2.05, 4.69) is 15.3 Å². The van der Waals surface area contributed by atoms with Crippen molar-refractivity contribution in [2.24, 2.45) is 0 Å². The summed E-state index contributed by atoms with van der Waals surface area (Å²) in [7, 11) is 0. The Balaban J connectivity index is 1.84. The number of benzene rings is 1. The molecule has 1 aliphatic rings. The molecule has 0 saturated carbocycles. The van der Waals surface area contributed by atoms with Crippen molar-refractivity contribution >= 4 is 0 Å². The number of rotatable bonds is 2. The van der Waals surface area contributed by atoms with Crippen LogP contribution in [0, 0.1) is 5.82 Å². The monoisotopic (exact) mass is 245 g/mol. The first kappa shape index (κ1) is 11.4. The van der Waals surface area contributed by atoms with E-state index in [9.17, 15) is 4.39 Å². The predicted octanol–water partition coefficient (Wildman–Crippen LogP) is 3.03. The molecule has 4 heteroatoms. The summed E-state index contributed by atoms with van der Waals surface area (Å²) >= 11 is 0. The molecular weight excluding hydrogens is 229 g/mol.